The third kappa shape index (κ3) is 3.04. The maximum Gasteiger partial charge on any atom is 0.0946 e. The second kappa shape index (κ2) is 6.02. The molecule has 1 aromatic heterocycles. The molecule has 1 unspecified atom stereocenters. The summed E-state index contributed by atoms with van der Waals surface area (Å²) in [5, 5.41) is 3.71. The predicted molar refractivity (Wildman–Crippen MR) is 77.0 cm³/mol. The van der Waals surface area contributed by atoms with Gasteiger partial charge in [0.25, 0.3) is 0 Å². The van der Waals surface area contributed by atoms with Gasteiger partial charge in [0.2, 0.25) is 0 Å². The summed E-state index contributed by atoms with van der Waals surface area (Å²) >= 11 is 0. The number of hydrogen-bond donors (Lipinski definition) is 1. The summed E-state index contributed by atoms with van der Waals surface area (Å²) in [5.74, 6) is 0. The van der Waals surface area contributed by atoms with Gasteiger partial charge in [-0.25, -0.2) is 4.98 Å². The van der Waals surface area contributed by atoms with E-state index < -0.39 is 0 Å². The van der Waals surface area contributed by atoms with Crippen LogP contribution in [0.1, 0.15) is 36.4 Å². The van der Waals surface area contributed by atoms with Crippen molar-refractivity contribution in [1.82, 2.24) is 14.9 Å². The van der Waals surface area contributed by atoms with E-state index in [9.17, 15) is 0 Å². The maximum atomic E-state index is 4.07. The van der Waals surface area contributed by atoms with Gasteiger partial charge in [-0.15, -0.1) is 0 Å². The zero-order valence-electron chi connectivity index (χ0n) is 11.3. The molecule has 0 bridgehead atoms. The number of fused-ring (bicyclic) bond motifs is 1. The summed E-state index contributed by atoms with van der Waals surface area (Å²) in [6.45, 7) is 1.98. The monoisotopic (exact) mass is 255 g/mol. The van der Waals surface area contributed by atoms with Crippen LogP contribution in [0.5, 0.6) is 0 Å². The van der Waals surface area contributed by atoms with Crippen LogP contribution in [-0.4, -0.2) is 16.1 Å². The Bertz CT molecular complexity index is 504. The number of aromatic nitrogens is 2. The van der Waals surface area contributed by atoms with Crippen molar-refractivity contribution in [2.24, 2.45) is 0 Å². The molecule has 19 heavy (non-hydrogen) atoms. The Morgan fingerprint density at radius 2 is 2.21 bits per heavy atom. The van der Waals surface area contributed by atoms with Gasteiger partial charge >= 0.3 is 0 Å². The second-order valence-corrected chi connectivity index (χ2v) is 5.25. The molecule has 0 fully saturated rings. The van der Waals surface area contributed by atoms with Crippen LogP contribution in [0.2, 0.25) is 0 Å². The number of hydrogen-bond acceptors (Lipinski definition) is 2. The fourth-order valence-electron chi connectivity index (χ4n) is 2.92. The molecule has 3 rings (SSSR count). The van der Waals surface area contributed by atoms with Crippen LogP contribution < -0.4 is 5.32 Å². The average molecular weight is 255 g/mol. The normalized spacial score (nSPS) is 18.8. The first-order chi connectivity index (χ1) is 9.43. The highest BCUT2D eigenvalue weighted by Gasteiger charge is 2.17. The molecule has 0 spiro atoms. The first-order valence-corrected chi connectivity index (χ1v) is 7.20. The largest absolute Gasteiger partial charge is 0.336 e. The SMILES string of the molecule is c1ccc2c(c1)CCCCC2NCCn1ccnc1. The Labute approximate surface area is 114 Å². The van der Waals surface area contributed by atoms with Crippen LogP contribution in [0, 0.1) is 0 Å². The Hall–Kier alpha value is -1.61. The van der Waals surface area contributed by atoms with Crippen LogP contribution in [0.25, 0.3) is 0 Å². The number of aryl methyl sites for hydroxylation is 1. The lowest BCUT2D eigenvalue weighted by atomic mass is 9.99. The van der Waals surface area contributed by atoms with E-state index in [1.165, 1.54) is 36.8 Å². The maximum absolute atomic E-state index is 4.07. The van der Waals surface area contributed by atoms with Crippen LogP contribution in [0.15, 0.2) is 43.0 Å². The minimum atomic E-state index is 0.516. The summed E-state index contributed by atoms with van der Waals surface area (Å²) in [6, 6.07) is 9.41. The van der Waals surface area contributed by atoms with Gasteiger partial charge in [0.1, 0.15) is 0 Å². The molecule has 3 heteroatoms. The fourth-order valence-corrected chi connectivity index (χ4v) is 2.92. The first kappa shape index (κ1) is 12.4. The molecule has 100 valence electrons. The summed E-state index contributed by atoms with van der Waals surface area (Å²) in [6.07, 6.45) is 10.8. The number of benzene rings is 1. The quantitative estimate of drug-likeness (QED) is 0.851. The lowest BCUT2D eigenvalue weighted by Crippen LogP contribution is -2.25. The van der Waals surface area contributed by atoms with E-state index in [2.05, 4.69) is 39.1 Å². The third-order valence-electron chi connectivity index (χ3n) is 3.94. The Morgan fingerprint density at radius 3 is 3.11 bits per heavy atom. The highest BCUT2D eigenvalue weighted by molar-refractivity contribution is 5.31. The molecule has 2 aromatic rings. The highest BCUT2D eigenvalue weighted by Crippen LogP contribution is 2.28. The Kier molecular flexibility index (Phi) is 3.94. The molecular weight excluding hydrogens is 234 g/mol. The standard InChI is InChI=1S/C16H21N3/c1-3-7-15-14(5-1)6-2-4-8-16(15)18-10-12-19-11-9-17-13-19/h1,3,5,7,9,11,13,16,18H,2,4,6,8,10,12H2. The Morgan fingerprint density at radius 1 is 1.26 bits per heavy atom. The molecule has 0 saturated heterocycles. The van der Waals surface area contributed by atoms with Crippen molar-refractivity contribution >= 4 is 0 Å². The van der Waals surface area contributed by atoms with Gasteiger partial charge in [0.15, 0.2) is 0 Å². The summed E-state index contributed by atoms with van der Waals surface area (Å²) in [4.78, 5) is 4.07. The van der Waals surface area contributed by atoms with Crippen molar-refractivity contribution in [2.45, 2.75) is 38.3 Å². The van der Waals surface area contributed by atoms with Crippen LogP contribution >= 0.6 is 0 Å². The van der Waals surface area contributed by atoms with Gasteiger partial charge in [-0.1, -0.05) is 30.7 Å². The van der Waals surface area contributed by atoms with Gasteiger partial charge in [-0.2, -0.15) is 0 Å². The van der Waals surface area contributed by atoms with Gasteiger partial charge in [-0.3, -0.25) is 0 Å². The van der Waals surface area contributed by atoms with Crippen molar-refractivity contribution in [2.75, 3.05) is 6.54 Å². The topological polar surface area (TPSA) is 29.9 Å². The number of nitrogens with zero attached hydrogens (tertiary/aromatic N) is 2. The number of nitrogens with one attached hydrogen (secondary N) is 1. The van der Waals surface area contributed by atoms with E-state index in [0.717, 1.165) is 13.1 Å². The zero-order chi connectivity index (χ0) is 12.9. The van der Waals surface area contributed by atoms with Crippen LogP contribution in [0.4, 0.5) is 0 Å². The smallest absolute Gasteiger partial charge is 0.0946 e. The molecular formula is C16H21N3. The summed E-state index contributed by atoms with van der Waals surface area (Å²) < 4.78 is 2.12. The van der Waals surface area contributed by atoms with E-state index in [4.69, 9.17) is 0 Å². The van der Waals surface area contributed by atoms with Crippen molar-refractivity contribution < 1.29 is 0 Å². The van der Waals surface area contributed by atoms with E-state index in [-0.39, 0.29) is 0 Å². The van der Waals surface area contributed by atoms with Crippen molar-refractivity contribution in [3.63, 3.8) is 0 Å². The second-order valence-electron chi connectivity index (χ2n) is 5.25. The predicted octanol–water partition coefficient (Wildman–Crippen LogP) is 2.94. The molecule has 1 heterocycles. The van der Waals surface area contributed by atoms with Crippen molar-refractivity contribution in [3.05, 3.63) is 54.1 Å². The van der Waals surface area contributed by atoms with E-state index in [0.29, 0.717) is 6.04 Å². The van der Waals surface area contributed by atoms with Crippen molar-refractivity contribution in [3.8, 4) is 0 Å². The molecule has 1 atom stereocenters. The Balaban J connectivity index is 1.63. The molecule has 1 N–H and O–H groups in total. The summed E-state index contributed by atoms with van der Waals surface area (Å²) in [7, 11) is 0. The molecule has 0 amide bonds. The lowest BCUT2D eigenvalue weighted by Gasteiger charge is -2.19. The van der Waals surface area contributed by atoms with E-state index in [1.807, 2.05) is 18.7 Å². The highest BCUT2D eigenvalue weighted by atomic mass is 15.0. The molecule has 1 aromatic carbocycles. The third-order valence-corrected chi connectivity index (χ3v) is 3.94. The first-order valence-electron chi connectivity index (χ1n) is 7.20. The van der Waals surface area contributed by atoms with Crippen molar-refractivity contribution in [1.29, 1.82) is 0 Å². The molecule has 3 nitrogen and oxygen atoms in total. The minimum Gasteiger partial charge on any atom is -0.336 e. The zero-order valence-corrected chi connectivity index (χ0v) is 11.3. The molecule has 1 aliphatic rings. The number of rotatable bonds is 4. The summed E-state index contributed by atoms with van der Waals surface area (Å²) in [5.41, 5.74) is 3.03. The van der Waals surface area contributed by atoms with E-state index in [1.54, 1.807) is 0 Å². The number of imidazole rings is 1. The molecule has 0 radical (unpaired) electrons. The van der Waals surface area contributed by atoms with Crippen LogP contribution in [-0.2, 0) is 13.0 Å². The molecule has 0 aliphatic heterocycles. The van der Waals surface area contributed by atoms with Gasteiger partial charge < -0.3 is 9.88 Å². The lowest BCUT2D eigenvalue weighted by molar-refractivity contribution is 0.470. The van der Waals surface area contributed by atoms with Crippen LogP contribution in [0.3, 0.4) is 0 Å². The minimum absolute atomic E-state index is 0.516. The van der Waals surface area contributed by atoms with Gasteiger partial charge in [0, 0.05) is 31.5 Å². The molecule has 0 saturated carbocycles. The average Bonchev–Trinajstić information content (AvgIpc) is 2.87. The molecule has 1 aliphatic carbocycles. The van der Waals surface area contributed by atoms with Gasteiger partial charge in [-0.05, 0) is 30.4 Å². The fraction of sp³-hybridized carbons (Fsp3) is 0.438. The van der Waals surface area contributed by atoms with E-state index >= 15 is 0 Å². The van der Waals surface area contributed by atoms with Gasteiger partial charge in [0.05, 0.1) is 6.33 Å².